The van der Waals surface area contributed by atoms with E-state index in [1.54, 1.807) is 0 Å². The first-order valence-corrected chi connectivity index (χ1v) is 6.59. The lowest BCUT2D eigenvalue weighted by atomic mass is 9.64. The van der Waals surface area contributed by atoms with Crippen molar-refractivity contribution < 1.29 is 15.0 Å². The van der Waals surface area contributed by atoms with Crippen LogP contribution in [-0.2, 0) is 16.6 Å². The molecule has 3 heteroatoms. The summed E-state index contributed by atoms with van der Waals surface area (Å²) in [5, 5.41) is 19.4. The molecule has 96 valence electrons. The third-order valence-electron chi connectivity index (χ3n) is 4.46. The quantitative estimate of drug-likeness (QED) is 0.856. The summed E-state index contributed by atoms with van der Waals surface area (Å²) in [6.07, 6.45) is 4.83. The number of benzene rings is 1. The maximum atomic E-state index is 11.5. The second kappa shape index (κ2) is 3.82. The van der Waals surface area contributed by atoms with Gasteiger partial charge in [0.1, 0.15) is 0 Å². The van der Waals surface area contributed by atoms with E-state index in [9.17, 15) is 15.0 Å². The maximum Gasteiger partial charge on any atom is 0.314 e. The number of carboxylic acid groups (broad SMARTS) is 1. The molecule has 2 aliphatic carbocycles. The summed E-state index contributed by atoms with van der Waals surface area (Å²) in [5.74, 6) is -0.712. The van der Waals surface area contributed by atoms with Crippen molar-refractivity contribution in [2.75, 3.05) is 0 Å². The summed E-state index contributed by atoms with van der Waals surface area (Å²) in [7, 11) is 0. The highest BCUT2D eigenvalue weighted by Gasteiger charge is 2.46. The first kappa shape index (κ1) is 11.7. The zero-order valence-electron chi connectivity index (χ0n) is 10.4. The van der Waals surface area contributed by atoms with Crippen LogP contribution in [0.1, 0.15) is 43.2 Å². The fourth-order valence-corrected chi connectivity index (χ4v) is 2.84. The summed E-state index contributed by atoms with van der Waals surface area (Å²) >= 11 is 0. The Morgan fingerprint density at radius 1 is 1.22 bits per heavy atom. The fraction of sp³-hybridized carbons (Fsp3) is 0.533. The molecule has 1 aromatic carbocycles. The second-order valence-corrected chi connectivity index (χ2v) is 5.84. The van der Waals surface area contributed by atoms with Gasteiger partial charge >= 0.3 is 5.97 Å². The largest absolute Gasteiger partial charge is 0.481 e. The Hall–Kier alpha value is -1.35. The highest BCUT2D eigenvalue weighted by molar-refractivity contribution is 5.82. The Labute approximate surface area is 106 Å². The number of carboxylic acids is 1. The van der Waals surface area contributed by atoms with E-state index >= 15 is 0 Å². The molecule has 18 heavy (non-hydrogen) atoms. The van der Waals surface area contributed by atoms with Gasteiger partial charge in [0.15, 0.2) is 0 Å². The molecular formula is C15H18O3. The van der Waals surface area contributed by atoms with Crippen molar-refractivity contribution in [3.8, 4) is 0 Å². The smallest absolute Gasteiger partial charge is 0.314 e. The fourth-order valence-electron chi connectivity index (χ4n) is 2.84. The minimum absolute atomic E-state index is 0.519. The highest BCUT2D eigenvalue weighted by atomic mass is 16.4. The lowest BCUT2D eigenvalue weighted by Crippen LogP contribution is -2.42. The van der Waals surface area contributed by atoms with Gasteiger partial charge in [0, 0.05) is 6.42 Å². The molecule has 0 amide bonds. The first-order valence-electron chi connectivity index (χ1n) is 6.59. The monoisotopic (exact) mass is 246 g/mol. The first-order chi connectivity index (χ1) is 8.54. The summed E-state index contributed by atoms with van der Waals surface area (Å²) in [5.41, 5.74) is 0.777. The van der Waals surface area contributed by atoms with Crippen LogP contribution in [0.25, 0.3) is 0 Å². The molecule has 2 aliphatic rings. The molecule has 3 nitrogen and oxygen atoms in total. The Bertz CT molecular complexity index is 484. The normalized spacial score (nSPS) is 23.2. The minimum Gasteiger partial charge on any atom is -0.481 e. The van der Waals surface area contributed by atoms with E-state index < -0.39 is 17.0 Å². The van der Waals surface area contributed by atoms with Gasteiger partial charge in [-0.3, -0.25) is 4.79 Å². The molecule has 0 atom stereocenters. The zero-order chi connectivity index (χ0) is 12.8. The third kappa shape index (κ3) is 1.83. The predicted molar refractivity (Wildman–Crippen MR) is 67.5 cm³/mol. The molecular weight excluding hydrogens is 228 g/mol. The van der Waals surface area contributed by atoms with Gasteiger partial charge < -0.3 is 10.2 Å². The van der Waals surface area contributed by atoms with Crippen molar-refractivity contribution in [1.29, 1.82) is 0 Å². The van der Waals surface area contributed by atoms with Crippen molar-refractivity contribution >= 4 is 5.97 Å². The van der Waals surface area contributed by atoms with E-state index in [4.69, 9.17) is 0 Å². The van der Waals surface area contributed by atoms with E-state index in [1.165, 1.54) is 0 Å². The molecule has 0 spiro atoms. The third-order valence-corrected chi connectivity index (χ3v) is 4.46. The SMILES string of the molecule is O=C(O)C1(c2cccc(CC3(O)CC3)c2)CCC1. The van der Waals surface area contributed by atoms with Gasteiger partial charge in [-0.1, -0.05) is 30.7 Å². The zero-order valence-corrected chi connectivity index (χ0v) is 10.4. The topological polar surface area (TPSA) is 57.5 Å². The van der Waals surface area contributed by atoms with Gasteiger partial charge in [-0.05, 0) is 36.8 Å². The predicted octanol–water partition coefficient (Wildman–Crippen LogP) is 2.26. The Kier molecular flexibility index (Phi) is 2.49. The Morgan fingerprint density at radius 3 is 2.44 bits per heavy atom. The summed E-state index contributed by atoms with van der Waals surface area (Å²) in [4.78, 5) is 11.5. The molecule has 3 rings (SSSR count). The summed E-state index contributed by atoms with van der Waals surface area (Å²) < 4.78 is 0. The minimum atomic E-state index is -0.712. The molecule has 2 fully saturated rings. The van der Waals surface area contributed by atoms with Crippen molar-refractivity contribution in [3.05, 3.63) is 35.4 Å². The van der Waals surface area contributed by atoms with Gasteiger partial charge in [0.05, 0.1) is 11.0 Å². The molecule has 0 unspecified atom stereocenters. The van der Waals surface area contributed by atoms with Gasteiger partial charge in [0.25, 0.3) is 0 Å². The van der Waals surface area contributed by atoms with Crippen LogP contribution in [0.5, 0.6) is 0 Å². The van der Waals surface area contributed by atoms with Crippen LogP contribution >= 0.6 is 0 Å². The van der Waals surface area contributed by atoms with Gasteiger partial charge in [-0.2, -0.15) is 0 Å². The number of rotatable bonds is 4. The van der Waals surface area contributed by atoms with E-state index in [0.717, 1.165) is 43.2 Å². The van der Waals surface area contributed by atoms with Crippen LogP contribution in [-0.4, -0.2) is 21.8 Å². The van der Waals surface area contributed by atoms with Gasteiger partial charge in [-0.25, -0.2) is 0 Å². The van der Waals surface area contributed by atoms with Crippen LogP contribution in [0.4, 0.5) is 0 Å². The summed E-state index contributed by atoms with van der Waals surface area (Å²) in [6.45, 7) is 0. The standard InChI is InChI=1S/C15H18O3/c16-13(17)15(5-2-6-15)12-4-1-3-11(9-12)10-14(18)7-8-14/h1,3-4,9,18H,2,5-8,10H2,(H,16,17). The maximum absolute atomic E-state index is 11.5. The average molecular weight is 246 g/mol. The number of aliphatic carboxylic acids is 1. The van der Waals surface area contributed by atoms with Crippen LogP contribution in [0.2, 0.25) is 0 Å². The molecule has 0 aromatic heterocycles. The van der Waals surface area contributed by atoms with Crippen LogP contribution in [0.15, 0.2) is 24.3 Å². The molecule has 1 aromatic rings. The van der Waals surface area contributed by atoms with Gasteiger partial charge in [0.2, 0.25) is 0 Å². The molecule has 0 heterocycles. The van der Waals surface area contributed by atoms with Crippen LogP contribution < -0.4 is 0 Å². The van der Waals surface area contributed by atoms with Crippen molar-refractivity contribution in [2.24, 2.45) is 0 Å². The number of hydrogen-bond donors (Lipinski definition) is 2. The van der Waals surface area contributed by atoms with E-state index in [2.05, 4.69) is 0 Å². The van der Waals surface area contributed by atoms with E-state index in [1.807, 2.05) is 24.3 Å². The molecule has 2 N–H and O–H groups in total. The van der Waals surface area contributed by atoms with Crippen molar-refractivity contribution in [3.63, 3.8) is 0 Å². The highest BCUT2D eigenvalue weighted by Crippen LogP contribution is 2.45. The average Bonchev–Trinajstić information content (AvgIpc) is 2.94. The lowest BCUT2D eigenvalue weighted by Gasteiger charge is -2.38. The van der Waals surface area contributed by atoms with Crippen LogP contribution in [0, 0.1) is 0 Å². The molecule has 0 aliphatic heterocycles. The number of hydrogen-bond acceptors (Lipinski definition) is 2. The second-order valence-electron chi connectivity index (χ2n) is 5.84. The molecule has 0 saturated heterocycles. The molecule has 2 saturated carbocycles. The van der Waals surface area contributed by atoms with Gasteiger partial charge in [-0.15, -0.1) is 0 Å². The Morgan fingerprint density at radius 2 is 1.94 bits per heavy atom. The van der Waals surface area contributed by atoms with Crippen molar-refractivity contribution in [1.82, 2.24) is 0 Å². The van der Waals surface area contributed by atoms with Crippen molar-refractivity contribution in [2.45, 2.75) is 49.5 Å². The Balaban J connectivity index is 1.88. The van der Waals surface area contributed by atoms with E-state index in [0.29, 0.717) is 6.42 Å². The molecule has 0 bridgehead atoms. The van der Waals surface area contributed by atoms with E-state index in [-0.39, 0.29) is 0 Å². The lowest BCUT2D eigenvalue weighted by molar-refractivity contribution is -0.147. The molecule has 0 radical (unpaired) electrons. The van der Waals surface area contributed by atoms with Crippen LogP contribution in [0.3, 0.4) is 0 Å². The summed E-state index contributed by atoms with van der Waals surface area (Å²) in [6, 6.07) is 7.78. The number of carbonyl (C=O) groups is 1. The number of aliphatic hydroxyl groups is 1.